The lowest BCUT2D eigenvalue weighted by molar-refractivity contribution is -0.119. The molecule has 2 fully saturated rings. The number of unbranched alkanes of at least 4 members (excludes halogenated alkanes) is 1. The normalized spacial score (nSPS) is 20.8. The molecule has 0 bridgehead atoms. The van der Waals surface area contributed by atoms with Gasteiger partial charge in [-0.1, -0.05) is 38.5 Å². The molecule has 2 aliphatic rings. The summed E-state index contributed by atoms with van der Waals surface area (Å²) in [6.45, 7) is 6.11. The predicted octanol–water partition coefficient (Wildman–Crippen LogP) is 1.85. The number of hydrogen-bond acceptors (Lipinski definition) is 3. The van der Waals surface area contributed by atoms with Crippen LogP contribution in [0.15, 0.2) is 4.99 Å². The van der Waals surface area contributed by atoms with Gasteiger partial charge in [0.2, 0.25) is 5.91 Å². The maximum absolute atomic E-state index is 11.0. The lowest BCUT2D eigenvalue weighted by Crippen LogP contribution is -2.49. The minimum absolute atomic E-state index is 0.237. The number of likely N-dealkylation sites (tertiary alicyclic amines) is 1. The Kier molecular flexibility index (Phi) is 9.08. The molecule has 1 aliphatic heterocycles. The van der Waals surface area contributed by atoms with Gasteiger partial charge in [-0.25, -0.2) is 0 Å². The van der Waals surface area contributed by atoms with Crippen molar-refractivity contribution in [2.75, 3.05) is 32.7 Å². The van der Waals surface area contributed by atoms with E-state index in [2.05, 4.69) is 22.5 Å². The molecule has 1 amide bonds. The van der Waals surface area contributed by atoms with Crippen LogP contribution in [0.3, 0.4) is 0 Å². The Bertz CT molecular complexity index is 412. The fourth-order valence-corrected chi connectivity index (χ4v) is 4.00. The SMILES string of the molecule is CCNC(=NCCCCC1CCCC1)NC1CCN(CC(N)=O)CC1. The first-order chi connectivity index (χ1) is 12.2. The molecule has 1 heterocycles. The van der Waals surface area contributed by atoms with Crippen LogP contribution in [0.5, 0.6) is 0 Å². The van der Waals surface area contributed by atoms with Crippen molar-refractivity contribution < 1.29 is 4.79 Å². The van der Waals surface area contributed by atoms with E-state index in [0.29, 0.717) is 12.6 Å². The molecule has 0 spiro atoms. The van der Waals surface area contributed by atoms with Gasteiger partial charge in [0.15, 0.2) is 5.96 Å². The van der Waals surface area contributed by atoms with Gasteiger partial charge in [-0.3, -0.25) is 14.7 Å². The molecule has 6 nitrogen and oxygen atoms in total. The van der Waals surface area contributed by atoms with Crippen LogP contribution in [0.4, 0.5) is 0 Å². The lowest BCUT2D eigenvalue weighted by atomic mass is 10.0. The van der Waals surface area contributed by atoms with E-state index in [1.54, 1.807) is 0 Å². The monoisotopic (exact) mass is 351 g/mol. The van der Waals surface area contributed by atoms with Gasteiger partial charge in [-0.15, -0.1) is 0 Å². The first kappa shape index (κ1) is 20.0. The van der Waals surface area contributed by atoms with Gasteiger partial charge >= 0.3 is 0 Å². The molecule has 1 saturated heterocycles. The van der Waals surface area contributed by atoms with Crippen LogP contribution in [0.25, 0.3) is 0 Å². The summed E-state index contributed by atoms with van der Waals surface area (Å²) in [5.41, 5.74) is 5.27. The number of nitrogens with zero attached hydrogens (tertiary/aromatic N) is 2. The number of aliphatic imine (C=N–C) groups is 1. The summed E-state index contributed by atoms with van der Waals surface area (Å²) >= 11 is 0. The summed E-state index contributed by atoms with van der Waals surface area (Å²) in [5, 5.41) is 6.92. The second-order valence-corrected chi connectivity index (χ2v) is 7.57. The number of amides is 1. The Morgan fingerprint density at radius 2 is 1.88 bits per heavy atom. The average Bonchev–Trinajstić information content (AvgIpc) is 3.09. The van der Waals surface area contributed by atoms with Crippen molar-refractivity contribution >= 4 is 11.9 Å². The van der Waals surface area contributed by atoms with E-state index in [1.807, 2.05) is 0 Å². The molecular weight excluding hydrogens is 314 g/mol. The number of nitrogens with two attached hydrogens (primary N) is 1. The number of guanidine groups is 1. The van der Waals surface area contributed by atoms with E-state index in [1.165, 1.54) is 44.9 Å². The Hall–Kier alpha value is -1.30. The quantitative estimate of drug-likeness (QED) is 0.336. The van der Waals surface area contributed by atoms with Gasteiger partial charge in [0.05, 0.1) is 6.54 Å². The Labute approximate surface area is 153 Å². The highest BCUT2D eigenvalue weighted by Gasteiger charge is 2.20. The highest BCUT2D eigenvalue weighted by molar-refractivity contribution is 5.80. The molecule has 0 unspecified atom stereocenters. The van der Waals surface area contributed by atoms with Crippen LogP contribution >= 0.6 is 0 Å². The molecule has 2 rings (SSSR count). The first-order valence-electron chi connectivity index (χ1n) is 10.2. The number of carbonyl (C=O) groups is 1. The predicted molar refractivity (Wildman–Crippen MR) is 104 cm³/mol. The van der Waals surface area contributed by atoms with Crippen LogP contribution in [-0.2, 0) is 4.79 Å². The largest absolute Gasteiger partial charge is 0.369 e. The molecule has 0 aromatic heterocycles. The van der Waals surface area contributed by atoms with Crippen LogP contribution in [0.2, 0.25) is 0 Å². The minimum Gasteiger partial charge on any atom is -0.369 e. The van der Waals surface area contributed by atoms with E-state index in [-0.39, 0.29) is 5.91 Å². The number of carbonyl (C=O) groups excluding carboxylic acids is 1. The zero-order valence-corrected chi connectivity index (χ0v) is 15.9. The van der Waals surface area contributed by atoms with Crippen LogP contribution in [0.1, 0.15) is 64.7 Å². The summed E-state index contributed by atoms with van der Waals surface area (Å²) in [7, 11) is 0. The third-order valence-corrected chi connectivity index (χ3v) is 5.42. The summed E-state index contributed by atoms with van der Waals surface area (Å²) < 4.78 is 0. The summed E-state index contributed by atoms with van der Waals surface area (Å²) in [6, 6.07) is 0.431. The molecule has 0 aromatic rings. The smallest absolute Gasteiger partial charge is 0.231 e. The summed E-state index contributed by atoms with van der Waals surface area (Å²) in [4.78, 5) is 17.9. The number of hydrogen-bond donors (Lipinski definition) is 3. The first-order valence-corrected chi connectivity index (χ1v) is 10.2. The molecule has 0 radical (unpaired) electrons. The number of piperidine rings is 1. The number of nitrogens with one attached hydrogen (secondary N) is 2. The zero-order valence-electron chi connectivity index (χ0n) is 15.9. The number of rotatable bonds is 9. The van der Waals surface area contributed by atoms with E-state index in [0.717, 1.165) is 50.9 Å². The van der Waals surface area contributed by atoms with E-state index < -0.39 is 0 Å². The second kappa shape index (κ2) is 11.3. The van der Waals surface area contributed by atoms with Gasteiger partial charge in [-0.2, -0.15) is 0 Å². The Morgan fingerprint density at radius 1 is 1.16 bits per heavy atom. The van der Waals surface area contributed by atoms with Crippen molar-refractivity contribution in [1.29, 1.82) is 0 Å². The van der Waals surface area contributed by atoms with Crippen molar-refractivity contribution in [2.45, 2.75) is 70.8 Å². The van der Waals surface area contributed by atoms with Crippen molar-refractivity contribution in [3.05, 3.63) is 0 Å². The molecule has 0 aromatic carbocycles. The topological polar surface area (TPSA) is 82.8 Å². The van der Waals surface area contributed by atoms with Crippen LogP contribution in [0, 0.1) is 5.92 Å². The molecule has 25 heavy (non-hydrogen) atoms. The molecule has 1 aliphatic carbocycles. The van der Waals surface area contributed by atoms with Crippen LogP contribution in [-0.4, -0.2) is 55.5 Å². The van der Waals surface area contributed by atoms with Gasteiger partial charge in [0.1, 0.15) is 0 Å². The molecule has 144 valence electrons. The summed E-state index contributed by atoms with van der Waals surface area (Å²) in [5.74, 6) is 1.69. The lowest BCUT2D eigenvalue weighted by Gasteiger charge is -2.32. The van der Waals surface area contributed by atoms with Gasteiger partial charge < -0.3 is 16.4 Å². The van der Waals surface area contributed by atoms with Crippen molar-refractivity contribution in [3.8, 4) is 0 Å². The molecule has 0 atom stereocenters. The summed E-state index contributed by atoms with van der Waals surface area (Å²) in [6.07, 6.45) is 11.7. The average molecular weight is 352 g/mol. The Morgan fingerprint density at radius 3 is 2.52 bits per heavy atom. The fourth-order valence-electron chi connectivity index (χ4n) is 4.00. The molecule has 6 heteroatoms. The Balaban J connectivity index is 1.64. The van der Waals surface area contributed by atoms with Crippen LogP contribution < -0.4 is 16.4 Å². The standard InChI is InChI=1S/C19H37N5O/c1-2-21-19(22-12-6-5-9-16-7-3-4-8-16)23-17-10-13-24(14-11-17)15-18(20)25/h16-17H,2-15H2,1H3,(H2,20,25)(H2,21,22,23). The molecule has 4 N–H and O–H groups in total. The molecule has 1 saturated carbocycles. The maximum atomic E-state index is 11.0. The highest BCUT2D eigenvalue weighted by Crippen LogP contribution is 2.28. The van der Waals surface area contributed by atoms with E-state index >= 15 is 0 Å². The fraction of sp³-hybridized carbons (Fsp3) is 0.895. The van der Waals surface area contributed by atoms with E-state index in [4.69, 9.17) is 10.7 Å². The third-order valence-electron chi connectivity index (χ3n) is 5.42. The van der Waals surface area contributed by atoms with Crippen molar-refractivity contribution in [1.82, 2.24) is 15.5 Å². The number of primary amides is 1. The van der Waals surface area contributed by atoms with Crippen molar-refractivity contribution in [2.24, 2.45) is 16.6 Å². The van der Waals surface area contributed by atoms with E-state index in [9.17, 15) is 4.79 Å². The van der Waals surface area contributed by atoms with Crippen molar-refractivity contribution in [3.63, 3.8) is 0 Å². The zero-order chi connectivity index (χ0) is 17.9. The van der Waals surface area contributed by atoms with Gasteiger partial charge in [-0.05, 0) is 32.1 Å². The second-order valence-electron chi connectivity index (χ2n) is 7.57. The maximum Gasteiger partial charge on any atom is 0.231 e. The minimum atomic E-state index is -0.237. The molecular formula is C19H37N5O. The highest BCUT2D eigenvalue weighted by atomic mass is 16.1. The van der Waals surface area contributed by atoms with Gasteiger partial charge in [0.25, 0.3) is 0 Å². The third kappa shape index (κ3) is 8.08. The van der Waals surface area contributed by atoms with Gasteiger partial charge in [0, 0.05) is 32.2 Å².